The van der Waals surface area contributed by atoms with Gasteiger partial charge < -0.3 is 10.1 Å². The molecule has 0 spiro atoms. The summed E-state index contributed by atoms with van der Waals surface area (Å²) in [5, 5.41) is 3.07. The Kier molecular flexibility index (Phi) is 7.15. The van der Waals surface area contributed by atoms with Gasteiger partial charge in [-0.2, -0.15) is 0 Å². The third kappa shape index (κ3) is 5.06. The molecule has 4 nitrogen and oxygen atoms in total. The van der Waals surface area contributed by atoms with E-state index in [-0.39, 0.29) is 11.9 Å². The van der Waals surface area contributed by atoms with Crippen LogP contribution in [0.2, 0.25) is 0 Å². The molecule has 2 aromatic rings. The number of carbonyl (C=O) groups excluding carboxylic acids is 2. The summed E-state index contributed by atoms with van der Waals surface area (Å²) >= 11 is 0. The number of unbranched alkanes of at least 4 members (excludes halogenated alkanes) is 1. The molecule has 0 saturated carbocycles. The highest BCUT2D eigenvalue weighted by Crippen LogP contribution is 2.25. The van der Waals surface area contributed by atoms with E-state index in [9.17, 15) is 9.59 Å². The summed E-state index contributed by atoms with van der Waals surface area (Å²) in [5.41, 5.74) is 2.89. The van der Waals surface area contributed by atoms with Crippen LogP contribution >= 0.6 is 0 Å². The van der Waals surface area contributed by atoms with Crippen LogP contribution < -0.4 is 5.32 Å². The predicted molar refractivity (Wildman–Crippen MR) is 103 cm³/mol. The third-order valence-corrected chi connectivity index (χ3v) is 4.24. The molecule has 2 rings (SSSR count). The lowest BCUT2D eigenvalue weighted by molar-refractivity contribution is 0.0600. The summed E-state index contributed by atoms with van der Waals surface area (Å²) in [6.45, 7) is 6.32. The Balaban J connectivity index is 2.17. The zero-order valence-corrected chi connectivity index (χ0v) is 15.3. The number of hydrogen-bond acceptors (Lipinski definition) is 3. The van der Waals surface area contributed by atoms with Gasteiger partial charge in [0.15, 0.2) is 0 Å². The van der Waals surface area contributed by atoms with Gasteiger partial charge in [-0.1, -0.05) is 55.8 Å². The second kappa shape index (κ2) is 9.56. The zero-order valence-electron chi connectivity index (χ0n) is 15.3. The van der Waals surface area contributed by atoms with E-state index in [1.165, 1.54) is 7.11 Å². The monoisotopic (exact) mass is 351 g/mol. The molecular formula is C22H25NO3. The quantitative estimate of drug-likeness (QED) is 0.554. The van der Waals surface area contributed by atoms with Crippen LogP contribution in [0.4, 0.5) is 0 Å². The molecule has 0 bridgehead atoms. The molecule has 4 heteroatoms. The van der Waals surface area contributed by atoms with Crippen molar-refractivity contribution < 1.29 is 14.3 Å². The summed E-state index contributed by atoms with van der Waals surface area (Å²) in [7, 11) is 1.33. The first kappa shape index (κ1) is 19.4. The van der Waals surface area contributed by atoms with Crippen molar-refractivity contribution in [3.63, 3.8) is 0 Å². The Hall–Kier alpha value is -2.88. The summed E-state index contributed by atoms with van der Waals surface area (Å²) in [4.78, 5) is 24.2. The fourth-order valence-electron chi connectivity index (χ4n) is 2.70. The van der Waals surface area contributed by atoms with Crippen molar-refractivity contribution in [1.29, 1.82) is 0 Å². The van der Waals surface area contributed by atoms with Crippen LogP contribution in [-0.2, 0) is 4.74 Å². The fourth-order valence-corrected chi connectivity index (χ4v) is 2.70. The van der Waals surface area contributed by atoms with Crippen LogP contribution in [0.3, 0.4) is 0 Å². The maximum Gasteiger partial charge on any atom is 0.337 e. The minimum atomic E-state index is -0.424. The topological polar surface area (TPSA) is 55.4 Å². The number of esters is 1. The normalized spacial score (nSPS) is 11.5. The Bertz CT molecular complexity index is 751. The van der Waals surface area contributed by atoms with Gasteiger partial charge in [0, 0.05) is 5.56 Å². The maximum absolute atomic E-state index is 12.7. The van der Waals surface area contributed by atoms with Crippen molar-refractivity contribution in [2.75, 3.05) is 7.11 Å². The van der Waals surface area contributed by atoms with Gasteiger partial charge in [-0.25, -0.2) is 4.79 Å². The third-order valence-electron chi connectivity index (χ3n) is 4.24. The smallest absolute Gasteiger partial charge is 0.337 e. The number of carbonyl (C=O) groups is 2. The summed E-state index contributed by atoms with van der Waals surface area (Å²) in [5.74, 6) is -0.625. The standard InChI is InChI=1S/C22H25NO3/c1-4-5-9-16(2)20(17-10-7-6-8-11-17)23-21(24)18-12-14-19(15-13-18)22(25)26-3/h6-8,10-15,20H,2,4-5,9H2,1,3H3,(H,23,24)/t20-/m1/s1. The van der Waals surface area contributed by atoms with Gasteiger partial charge in [0.1, 0.15) is 0 Å². The molecule has 0 aromatic heterocycles. The number of amides is 1. The van der Waals surface area contributed by atoms with Crippen LogP contribution in [-0.4, -0.2) is 19.0 Å². The highest BCUT2D eigenvalue weighted by atomic mass is 16.5. The van der Waals surface area contributed by atoms with Gasteiger partial charge >= 0.3 is 5.97 Å². The van der Waals surface area contributed by atoms with Crippen LogP contribution in [0.1, 0.15) is 58.5 Å². The van der Waals surface area contributed by atoms with Gasteiger partial charge in [0.05, 0.1) is 18.7 Å². The van der Waals surface area contributed by atoms with Crippen molar-refractivity contribution >= 4 is 11.9 Å². The molecule has 2 aromatic carbocycles. The molecule has 0 heterocycles. The SMILES string of the molecule is C=C(CCCC)[C@@H](NC(=O)c1ccc(C(=O)OC)cc1)c1ccccc1. The summed E-state index contributed by atoms with van der Waals surface area (Å²) < 4.78 is 4.68. The molecular weight excluding hydrogens is 326 g/mol. The van der Waals surface area contributed by atoms with Crippen LogP contribution in [0.5, 0.6) is 0 Å². The maximum atomic E-state index is 12.7. The number of rotatable bonds is 8. The van der Waals surface area contributed by atoms with E-state index in [1.807, 2.05) is 30.3 Å². The van der Waals surface area contributed by atoms with Gasteiger partial charge in [0.2, 0.25) is 0 Å². The molecule has 26 heavy (non-hydrogen) atoms. The lowest BCUT2D eigenvalue weighted by Crippen LogP contribution is -2.29. The van der Waals surface area contributed by atoms with Gasteiger partial charge in [0.25, 0.3) is 5.91 Å². The number of hydrogen-bond donors (Lipinski definition) is 1. The molecule has 0 aliphatic carbocycles. The Morgan fingerprint density at radius 3 is 2.23 bits per heavy atom. The van der Waals surface area contributed by atoms with Crippen molar-refractivity contribution in [3.8, 4) is 0 Å². The Labute approximate surface area is 154 Å². The molecule has 136 valence electrons. The van der Waals surface area contributed by atoms with Gasteiger partial charge in [-0.15, -0.1) is 0 Å². The molecule has 0 radical (unpaired) electrons. The number of methoxy groups -OCH3 is 1. The second-order valence-electron chi connectivity index (χ2n) is 6.15. The Morgan fingerprint density at radius 2 is 1.65 bits per heavy atom. The van der Waals surface area contributed by atoms with Crippen LogP contribution in [0, 0.1) is 0 Å². The van der Waals surface area contributed by atoms with Crippen molar-refractivity contribution in [2.45, 2.75) is 32.2 Å². The zero-order chi connectivity index (χ0) is 18.9. The molecule has 0 aliphatic heterocycles. The van der Waals surface area contributed by atoms with Gasteiger partial charge in [-0.05, 0) is 42.7 Å². The van der Waals surface area contributed by atoms with E-state index in [4.69, 9.17) is 0 Å². The van der Waals surface area contributed by atoms with E-state index in [0.29, 0.717) is 11.1 Å². The average molecular weight is 351 g/mol. The molecule has 1 N–H and O–H groups in total. The van der Waals surface area contributed by atoms with Crippen molar-refractivity contribution in [1.82, 2.24) is 5.32 Å². The molecule has 0 fully saturated rings. The molecule has 0 saturated heterocycles. The van der Waals surface area contributed by atoms with Gasteiger partial charge in [-0.3, -0.25) is 4.79 Å². The Morgan fingerprint density at radius 1 is 1.04 bits per heavy atom. The van der Waals surface area contributed by atoms with Crippen LogP contribution in [0.25, 0.3) is 0 Å². The van der Waals surface area contributed by atoms with Crippen LogP contribution in [0.15, 0.2) is 66.7 Å². The molecule has 0 aliphatic rings. The minimum Gasteiger partial charge on any atom is -0.465 e. The first-order chi connectivity index (χ1) is 12.6. The highest BCUT2D eigenvalue weighted by molar-refractivity contribution is 5.96. The molecule has 0 unspecified atom stereocenters. The molecule has 1 atom stereocenters. The minimum absolute atomic E-state index is 0.201. The van der Waals surface area contributed by atoms with E-state index >= 15 is 0 Å². The van der Waals surface area contributed by atoms with E-state index in [1.54, 1.807) is 24.3 Å². The summed E-state index contributed by atoms with van der Waals surface area (Å²) in [6, 6.07) is 16.0. The largest absolute Gasteiger partial charge is 0.465 e. The second-order valence-corrected chi connectivity index (χ2v) is 6.15. The predicted octanol–water partition coefficient (Wildman–Crippen LogP) is 4.69. The number of benzene rings is 2. The van der Waals surface area contributed by atoms with Crippen molar-refractivity contribution in [2.24, 2.45) is 0 Å². The van der Waals surface area contributed by atoms with E-state index in [0.717, 1.165) is 30.4 Å². The summed E-state index contributed by atoms with van der Waals surface area (Å²) in [6.07, 6.45) is 2.97. The lowest BCUT2D eigenvalue weighted by Gasteiger charge is -2.22. The van der Waals surface area contributed by atoms with E-state index in [2.05, 4.69) is 23.6 Å². The van der Waals surface area contributed by atoms with Crippen molar-refractivity contribution in [3.05, 3.63) is 83.4 Å². The number of nitrogens with one attached hydrogen (secondary N) is 1. The highest BCUT2D eigenvalue weighted by Gasteiger charge is 2.18. The van der Waals surface area contributed by atoms with E-state index < -0.39 is 5.97 Å². The first-order valence-corrected chi connectivity index (χ1v) is 8.78. The fraction of sp³-hybridized carbons (Fsp3) is 0.273. The molecule has 1 amide bonds. The average Bonchev–Trinajstić information content (AvgIpc) is 2.70. The number of ether oxygens (including phenoxy) is 1. The lowest BCUT2D eigenvalue weighted by atomic mass is 9.95. The first-order valence-electron chi connectivity index (χ1n) is 8.78.